The molecule has 5 heteroatoms. The fraction of sp³-hybridized carbons (Fsp3) is 0.417. The number of nitrogens with one attached hydrogen (secondary N) is 1. The fourth-order valence-electron chi connectivity index (χ4n) is 1.41. The normalized spacial score (nSPS) is 12.2. The Bertz CT molecular complexity index is 392. The van der Waals surface area contributed by atoms with Crippen LogP contribution in [0.5, 0.6) is 0 Å². The van der Waals surface area contributed by atoms with Crippen LogP contribution >= 0.6 is 22.9 Å². The van der Waals surface area contributed by atoms with Crippen LogP contribution in [0.1, 0.15) is 11.8 Å². The van der Waals surface area contributed by atoms with Crippen molar-refractivity contribution in [2.45, 2.75) is 19.5 Å². The molecule has 0 spiro atoms. The standard InChI is InChI=1S/C12H17ClN2OS/c1-4-7-15(12(16)9(2)14-3)8-10-5-6-11(13)17-10/h4-6,9,14H,1,7-8H2,2-3H3. The first-order valence-corrected chi connectivity index (χ1v) is 6.59. The maximum atomic E-state index is 12.1. The van der Waals surface area contributed by atoms with E-state index in [0.29, 0.717) is 13.1 Å². The Balaban J connectivity index is 2.72. The van der Waals surface area contributed by atoms with E-state index in [4.69, 9.17) is 11.6 Å². The van der Waals surface area contributed by atoms with Gasteiger partial charge in [-0.05, 0) is 26.1 Å². The van der Waals surface area contributed by atoms with E-state index in [-0.39, 0.29) is 11.9 Å². The van der Waals surface area contributed by atoms with Gasteiger partial charge in [-0.3, -0.25) is 4.79 Å². The molecule has 1 atom stereocenters. The predicted molar refractivity (Wildman–Crippen MR) is 73.5 cm³/mol. The molecule has 0 bridgehead atoms. The molecule has 1 aromatic rings. The van der Waals surface area contributed by atoms with E-state index in [0.717, 1.165) is 9.21 Å². The van der Waals surface area contributed by atoms with Crippen LogP contribution in [0.25, 0.3) is 0 Å². The summed E-state index contributed by atoms with van der Waals surface area (Å²) >= 11 is 7.37. The van der Waals surface area contributed by atoms with E-state index < -0.39 is 0 Å². The summed E-state index contributed by atoms with van der Waals surface area (Å²) < 4.78 is 0.743. The van der Waals surface area contributed by atoms with Gasteiger partial charge in [0.25, 0.3) is 0 Å². The van der Waals surface area contributed by atoms with Crippen LogP contribution < -0.4 is 5.32 Å². The topological polar surface area (TPSA) is 32.3 Å². The summed E-state index contributed by atoms with van der Waals surface area (Å²) in [6, 6.07) is 3.60. The Hall–Kier alpha value is -0.840. The average Bonchev–Trinajstić information content (AvgIpc) is 2.72. The molecule has 3 nitrogen and oxygen atoms in total. The average molecular weight is 273 g/mol. The highest BCUT2D eigenvalue weighted by molar-refractivity contribution is 7.16. The number of hydrogen-bond donors (Lipinski definition) is 1. The zero-order valence-corrected chi connectivity index (χ0v) is 11.6. The number of likely N-dealkylation sites (N-methyl/N-ethyl adjacent to an activating group) is 1. The number of thiophene rings is 1. The van der Waals surface area contributed by atoms with E-state index in [1.165, 1.54) is 11.3 Å². The van der Waals surface area contributed by atoms with Crippen molar-refractivity contribution in [1.29, 1.82) is 0 Å². The number of carbonyl (C=O) groups excluding carboxylic acids is 1. The number of rotatable bonds is 6. The lowest BCUT2D eigenvalue weighted by atomic mass is 10.2. The first-order chi connectivity index (χ1) is 8.08. The van der Waals surface area contributed by atoms with Crippen LogP contribution in [0, 0.1) is 0 Å². The number of amides is 1. The summed E-state index contributed by atoms with van der Waals surface area (Å²) in [5.74, 6) is 0.0666. The summed E-state index contributed by atoms with van der Waals surface area (Å²) in [5, 5.41) is 2.95. The van der Waals surface area contributed by atoms with E-state index in [1.54, 1.807) is 18.0 Å². The van der Waals surface area contributed by atoms with E-state index >= 15 is 0 Å². The molecule has 0 aromatic carbocycles. The van der Waals surface area contributed by atoms with E-state index in [2.05, 4.69) is 11.9 Å². The third kappa shape index (κ3) is 4.15. The van der Waals surface area contributed by atoms with E-state index in [1.807, 2.05) is 19.1 Å². The number of nitrogens with zero attached hydrogens (tertiary/aromatic N) is 1. The smallest absolute Gasteiger partial charge is 0.240 e. The molecule has 0 radical (unpaired) electrons. The molecule has 1 rings (SSSR count). The van der Waals surface area contributed by atoms with Gasteiger partial charge in [0.05, 0.1) is 16.9 Å². The van der Waals surface area contributed by atoms with Gasteiger partial charge in [-0.1, -0.05) is 17.7 Å². The fourth-order valence-corrected chi connectivity index (χ4v) is 2.51. The molecule has 0 saturated heterocycles. The van der Waals surface area contributed by atoms with Gasteiger partial charge in [-0.25, -0.2) is 0 Å². The van der Waals surface area contributed by atoms with Gasteiger partial charge in [0.2, 0.25) is 5.91 Å². The van der Waals surface area contributed by atoms with E-state index in [9.17, 15) is 4.79 Å². The van der Waals surface area contributed by atoms with Crippen molar-refractivity contribution in [2.75, 3.05) is 13.6 Å². The highest BCUT2D eigenvalue weighted by Gasteiger charge is 2.18. The zero-order valence-electron chi connectivity index (χ0n) is 10.1. The van der Waals surface area contributed by atoms with Crippen LogP contribution in [0.15, 0.2) is 24.8 Å². The van der Waals surface area contributed by atoms with Crippen molar-refractivity contribution in [2.24, 2.45) is 0 Å². The Morgan fingerprint density at radius 3 is 2.88 bits per heavy atom. The molecule has 0 saturated carbocycles. The lowest BCUT2D eigenvalue weighted by Crippen LogP contribution is -2.43. The van der Waals surface area contributed by atoms with Crippen molar-refractivity contribution in [3.63, 3.8) is 0 Å². The molecule has 1 heterocycles. The minimum absolute atomic E-state index is 0.0666. The zero-order chi connectivity index (χ0) is 12.8. The van der Waals surface area contributed by atoms with Crippen LogP contribution in [0.2, 0.25) is 4.34 Å². The Labute approximate surface area is 111 Å². The molecule has 17 heavy (non-hydrogen) atoms. The summed E-state index contributed by atoms with van der Waals surface area (Å²) in [6.07, 6.45) is 1.73. The Morgan fingerprint density at radius 2 is 2.41 bits per heavy atom. The molecule has 1 amide bonds. The van der Waals surface area contributed by atoms with Crippen LogP contribution in [0.4, 0.5) is 0 Å². The minimum atomic E-state index is -0.189. The third-order valence-corrected chi connectivity index (χ3v) is 3.66. The lowest BCUT2D eigenvalue weighted by Gasteiger charge is -2.23. The quantitative estimate of drug-likeness (QED) is 0.807. The van der Waals surface area contributed by atoms with Gasteiger partial charge >= 0.3 is 0 Å². The second-order valence-electron chi connectivity index (χ2n) is 3.72. The molecule has 94 valence electrons. The predicted octanol–water partition coefficient (Wildman–Crippen LogP) is 2.52. The van der Waals surface area contributed by atoms with Crippen LogP contribution in [0.3, 0.4) is 0 Å². The van der Waals surface area contributed by atoms with Crippen LogP contribution in [-0.4, -0.2) is 30.4 Å². The molecule has 1 aromatic heterocycles. The molecule has 0 aliphatic rings. The number of carbonyl (C=O) groups is 1. The van der Waals surface area contributed by atoms with Gasteiger partial charge in [0, 0.05) is 11.4 Å². The molecular formula is C12H17ClN2OS. The van der Waals surface area contributed by atoms with Crippen molar-refractivity contribution in [1.82, 2.24) is 10.2 Å². The summed E-state index contributed by atoms with van der Waals surface area (Å²) in [4.78, 5) is 14.9. The van der Waals surface area contributed by atoms with Gasteiger partial charge < -0.3 is 10.2 Å². The first kappa shape index (κ1) is 14.2. The summed E-state index contributed by atoms with van der Waals surface area (Å²) in [7, 11) is 1.77. The molecule has 0 aliphatic carbocycles. The molecule has 0 aliphatic heterocycles. The van der Waals surface area contributed by atoms with Crippen molar-refractivity contribution in [3.8, 4) is 0 Å². The molecule has 0 fully saturated rings. The SMILES string of the molecule is C=CCN(Cc1ccc(Cl)s1)C(=O)C(C)NC. The summed E-state index contributed by atoms with van der Waals surface area (Å²) in [6.45, 7) is 6.64. The van der Waals surface area contributed by atoms with Gasteiger partial charge in [-0.2, -0.15) is 0 Å². The van der Waals surface area contributed by atoms with Gasteiger partial charge in [0.15, 0.2) is 0 Å². The van der Waals surface area contributed by atoms with Crippen molar-refractivity contribution in [3.05, 3.63) is 34.0 Å². The van der Waals surface area contributed by atoms with Crippen LogP contribution in [-0.2, 0) is 11.3 Å². The lowest BCUT2D eigenvalue weighted by molar-refractivity contribution is -0.132. The van der Waals surface area contributed by atoms with Crippen molar-refractivity contribution >= 4 is 28.8 Å². The van der Waals surface area contributed by atoms with Gasteiger partial charge in [0.1, 0.15) is 0 Å². The molecule has 1 unspecified atom stereocenters. The Kier molecular flexibility index (Phi) is 5.68. The number of hydrogen-bond acceptors (Lipinski definition) is 3. The highest BCUT2D eigenvalue weighted by atomic mass is 35.5. The largest absolute Gasteiger partial charge is 0.333 e. The second kappa shape index (κ2) is 6.79. The first-order valence-electron chi connectivity index (χ1n) is 5.39. The minimum Gasteiger partial charge on any atom is -0.333 e. The Morgan fingerprint density at radius 1 is 1.71 bits per heavy atom. The maximum absolute atomic E-state index is 12.1. The van der Waals surface area contributed by atoms with Crippen molar-refractivity contribution < 1.29 is 4.79 Å². The van der Waals surface area contributed by atoms with Gasteiger partial charge in [-0.15, -0.1) is 17.9 Å². The number of halogens is 1. The maximum Gasteiger partial charge on any atom is 0.240 e. The summed E-state index contributed by atoms with van der Waals surface area (Å²) in [5.41, 5.74) is 0. The third-order valence-electron chi connectivity index (χ3n) is 2.44. The second-order valence-corrected chi connectivity index (χ2v) is 5.52. The molecule has 1 N–H and O–H groups in total. The highest BCUT2D eigenvalue weighted by Crippen LogP contribution is 2.22. The monoisotopic (exact) mass is 272 g/mol. The molecular weight excluding hydrogens is 256 g/mol.